The molecule has 0 bridgehead atoms. The number of hydrogen-bond acceptors (Lipinski definition) is 3. The molecule has 0 radical (unpaired) electrons. The van der Waals surface area contributed by atoms with Crippen LogP contribution in [0.1, 0.15) is 51.2 Å². The quantitative estimate of drug-likeness (QED) is 0.533. The summed E-state index contributed by atoms with van der Waals surface area (Å²) in [5, 5.41) is 4.57. The van der Waals surface area contributed by atoms with E-state index in [0.717, 1.165) is 17.5 Å². The van der Waals surface area contributed by atoms with Gasteiger partial charge in [0.1, 0.15) is 5.60 Å². The molecular weight excluding hydrogens is 459 g/mol. The van der Waals surface area contributed by atoms with E-state index in [1.165, 1.54) is 0 Å². The maximum atomic E-state index is 13.1. The van der Waals surface area contributed by atoms with Gasteiger partial charge in [-0.25, -0.2) is 4.79 Å². The number of rotatable bonds is 6. The standard InChI is InChI=1S/C26H32Cl2N2O3/c1-17(29-24(31)20-13-14-30(16-20)25(32)33-26(2,3)4)23(19-7-11-22(28)12-8-19)15-18-5-9-21(27)10-6-18/h5-12,17,20,23H,13-16H2,1-4H3,(H,29,31). The lowest BCUT2D eigenvalue weighted by atomic mass is 9.86. The molecule has 1 aliphatic rings. The summed E-state index contributed by atoms with van der Waals surface area (Å²) in [5.74, 6) is -0.235. The number of hydrogen-bond donors (Lipinski definition) is 1. The number of ether oxygens (including phenoxy) is 1. The Bertz CT molecular complexity index is 955. The van der Waals surface area contributed by atoms with Crippen molar-refractivity contribution in [3.8, 4) is 0 Å². The Labute approximate surface area is 206 Å². The SMILES string of the molecule is CC(NC(=O)C1CCN(C(=O)OC(C)(C)C)C1)C(Cc1ccc(Cl)cc1)c1ccc(Cl)cc1. The molecule has 0 spiro atoms. The van der Waals surface area contributed by atoms with E-state index in [2.05, 4.69) is 5.32 Å². The Morgan fingerprint density at radius 1 is 1.06 bits per heavy atom. The first-order valence-electron chi connectivity index (χ1n) is 11.3. The summed E-state index contributed by atoms with van der Waals surface area (Å²) in [4.78, 5) is 27.0. The van der Waals surface area contributed by atoms with Crippen LogP contribution in [0.15, 0.2) is 48.5 Å². The summed E-state index contributed by atoms with van der Waals surface area (Å²) in [6, 6.07) is 15.4. The van der Waals surface area contributed by atoms with Crippen LogP contribution in [0.25, 0.3) is 0 Å². The van der Waals surface area contributed by atoms with Crippen LogP contribution in [0, 0.1) is 5.92 Å². The minimum atomic E-state index is -0.556. The summed E-state index contributed by atoms with van der Waals surface area (Å²) in [7, 11) is 0. The molecule has 1 fully saturated rings. The van der Waals surface area contributed by atoms with Gasteiger partial charge in [0.2, 0.25) is 5.91 Å². The highest BCUT2D eigenvalue weighted by Crippen LogP contribution is 2.28. The van der Waals surface area contributed by atoms with Crippen molar-refractivity contribution in [1.82, 2.24) is 10.2 Å². The van der Waals surface area contributed by atoms with Gasteiger partial charge in [0, 0.05) is 35.1 Å². The number of likely N-dealkylation sites (tertiary alicyclic amines) is 1. The Morgan fingerprint density at radius 3 is 2.21 bits per heavy atom. The van der Waals surface area contributed by atoms with E-state index in [1.54, 1.807) is 4.90 Å². The molecule has 2 aromatic rings. The third-order valence-corrected chi connectivity index (χ3v) is 6.36. The molecule has 3 atom stereocenters. The lowest BCUT2D eigenvalue weighted by Gasteiger charge is -2.27. The number of benzene rings is 2. The highest BCUT2D eigenvalue weighted by molar-refractivity contribution is 6.30. The highest BCUT2D eigenvalue weighted by Gasteiger charge is 2.34. The first-order valence-corrected chi connectivity index (χ1v) is 12.1. The normalized spacial score (nSPS) is 18.0. The Kier molecular flexibility index (Phi) is 8.30. The zero-order chi connectivity index (χ0) is 24.2. The molecule has 0 saturated carbocycles. The van der Waals surface area contributed by atoms with E-state index in [0.29, 0.717) is 29.6 Å². The van der Waals surface area contributed by atoms with Gasteiger partial charge in [-0.2, -0.15) is 0 Å². The summed E-state index contributed by atoms with van der Waals surface area (Å²) < 4.78 is 5.45. The molecule has 3 unspecified atom stereocenters. The fourth-order valence-corrected chi connectivity index (χ4v) is 4.33. The number of nitrogens with one attached hydrogen (secondary N) is 1. The van der Waals surface area contributed by atoms with Crippen LogP contribution < -0.4 is 5.32 Å². The van der Waals surface area contributed by atoms with E-state index in [1.807, 2.05) is 76.2 Å². The fraction of sp³-hybridized carbons (Fsp3) is 0.462. The maximum absolute atomic E-state index is 13.1. The van der Waals surface area contributed by atoms with Gasteiger partial charge in [-0.1, -0.05) is 47.5 Å². The molecule has 1 heterocycles. The van der Waals surface area contributed by atoms with Crippen molar-refractivity contribution in [2.75, 3.05) is 13.1 Å². The molecule has 178 valence electrons. The molecule has 3 rings (SSSR count). The number of carbonyl (C=O) groups excluding carboxylic acids is 2. The van der Waals surface area contributed by atoms with Gasteiger partial charge in [0.05, 0.1) is 5.92 Å². The van der Waals surface area contributed by atoms with Gasteiger partial charge in [0.25, 0.3) is 0 Å². The van der Waals surface area contributed by atoms with Crippen LogP contribution in [0.2, 0.25) is 10.0 Å². The van der Waals surface area contributed by atoms with Gasteiger partial charge < -0.3 is 15.0 Å². The first kappa shape index (κ1) is 25.4. The summed E-state index contributed by atoms with van der Waals surface area (Å²) in [6.07, 6.45) is 1.00. The molecular formula is C26H32Cl2N2O3. The highest BCUT2D eigenvalue weighted by atomic mass is 35.5. The Hall–Kier alpha value is -2.24. The van der Waals surface area contributed by atoms with E-state index in [4.69, 9.17) is 27.9 Å². The second-order valence-electron chi connectivity index (χ2n) is 9.70. The van der Waals surface area contributed by atoms with Gasteiger partial charge in [-0.15, -0.1) is 0 Å². The molecule has 0 aromatic heterocycles. The van der Waals surface area contributed by atoms with Crippen molar-refractivity contribution in [2.24, 2.45) is 5.92 Å². The lowest BCUT2D eigenvalue weighted by Crippen LogP contribution is -2.42. The minimum absolute atomic E-state index is 0.0383. The summed E-state index contributed by atoms with van der Waals surface area (Å²) in [6.45, 7) is 8.43. The first-order chi connectivity index (χ1) is 15.5. The lowest BCUT2D eigenvalue weighted by molar-refractivity contribution is -0.125. The maximum Gasteiger partial charge on any atom is 0.410 e. The average molecular weight is 491 g/mol. The molecule has 2 aromatic carbocycles. The van der Waals surface area contributed by atoms with Gasteiger partial charge >= 0.3 is 6.09 Å². The monoisotopic (exact) mass is 490 g/mol. The van der Waals surface area contributed by atoms with E-state index < -0.39 is 5.60 Å². The molecule has 7 heteroatoms. The van der Waals surface area contributed by atoms with Crippen LogP contribution in [-0.2, 0) is 16.0 Å². The van der Waals surface area contributed by atoms with Crippen LogP contribution >= 0.6 is 23.2 Å². The molecule has 5 nitrogen and oxygen atoms in total. The van der Waals surface area contributed by atoms with E-state index in [-0.39, 0.29) is 29.9 Å². The summed E-state index contributed by atoms with van der Waals surface area (Å²) in [5.41, 5.74) is 1.68. The second kappa shape index (κ2) is 10.8. The molecule has 2 amide bonds. The number of carbonyl (C=O) groups is 2. The minimum Gasteiger partial charge on any atom is -0.444 e. The largest absolute Gasteiger partial charge is 0.444 e. The molecule has 1 N–H and O–H groups in total. The van der Waals surface area contributed by atoms with Crippen molar-refractivity contribution >= 4 is 35.2 Å². The van der Waals surface area contributed by atoms with Gasteiger partial charge in [-0.05, 0) is 75.9 Å². The average Bonchev–Trinajstić information content (AvgIpc) is 3.23. The van der Waals surface area contributed by atoms with Crippen molar-refractivity contribution < 1.29 is 14.3 Å². The predicted molar refractivity (Wildman–Crippen MR) is 133 cm³/mol. The Balaban J connectivity index is 1.68. The van der Waals surface area contributed by atoms with Crippen molar-refractivity contribution in [2.45, 2.75) is 58.1 Å². The van der Waals surface area contributed by atoms with Crippen molar-refractivity contribution in [1.29, 1.82) is 0 Å². The van der Waals surface area contributed by atoms with Crippen LogP contribution in [0.4, 0.5) is 4.79 Å². The predicted octanol–water partition coefficient (Wildman–Crippen LogP) is 6.08. The smallest absolute Gasteiger partial charge is 0.410 e. The fourth-order valence-electron chi connectivity index (χ4n) is 4.08. The molecule has 1 aliphatic heterocycles. The number of nitrogens with zero attached hydrogens (tertiary/aromatic N) is 1. The van der Waals surface area contributed by atoms with Gasteiger partial charge in [-0.3, -0.25) is 4.79 Å². The van der Waals surface area contributed by atoms with E-state index >= 15 is 0 Å². The molecule has 33 heavy (non-hydrogen) atoms. The van der Waals surface area contributed by atoms with E-state index in [9.17, 15) is 9.59 Å². The topological polar surface area (TPSA) is 58.6 Å². The number of amides is 2. The van der Waals surface area contributed by atoms with Crippen molar-refractivity contribution in [3.05, 3.63) is 69.7 Å². The van der Waals surface area contributed by atoms with Crippen molar-refractivity contribution in [3.63, 3.8) is 0 Å². The second-order valence-corrected chi connectivity index (χ2v) is 10.6. The zero-order valence-corrected chi connectivity index (χ0v) is 21.1. The Morgan fingerprint density at radius 2 is 1.64 bits per heavy atom. The van der Waals surface area contributed by atoms with Crippen LogP contribution in [0.5, 0.6) is 0 Å². The summed E-state index contributed by atoms with van der Waals surface area (Å²) >= 11 is 12.1. The third-order valence-electron chi connectivity index (χ3n) is 5.85. The molecule has 0 aliphatic carbocycles. The van der Waals surface area contributed by atoms with Crippen LogP contribution in [-0.4, -0.2) is 41.6 Å². The van der Waals surface area contributed by atoms with Crippen LogP contribution in [0.3, 0.4) is 0 Å². The number of halogens is 2. The zero-order valence-electron chi connectivity index (χ0n) is 19.6. The van der Waals surface area contributed by atoms with Gasteiger partial charge in [0.15, 0.2) is 0 Å². The third kappa shape index (κ3) is 7.38. The molecule has 1 saturated heterocycles.